The van der Waals surface area contributed by atoms with Crippen LogP contribution in [0, 0.1) is 0 Å². The Morgan fingerprint density at radius 3 is 2.57 bits per heavy atom. The van der Waals surface area contributed by atoms with Gasteiger partial charge in [-0.3, -0.25) is 0 Å². The molecule has 0 radical (unpaired) electrons. The molecular weight excluding hydrogens is 93.1 g/mol. The van der Waals surface area contributed by atoms with E-state index in [-0.39, 0.29) is 0 Å². The lowest BCUT2D eigenvalue weighted by atomic mass is 10.5. The normalized spacial score (nSPS) is 11.6. The number of allylic oxidation sites excluding steroid dienone is 3. The first-order chi connectivity index (χ1) is 3.41. The van der Waals surface area contributed by atoms with Crippen molar-refractivity contribution in [2.45, 2.75) is 0 Å². The van der Waals surface area contributed by atoms with Crippen LogP contribution in [0.3, 0.4) is 0 Å². The molecule has 0 saturated heterocycles. The first-order valence-corrected chi connectivity index (χ1v) is 2.01. The highest BCUT2D eigenvalue weighted by molar-refractivity contribution is 5.00. The smallest absolute Gasteiger partial charge is 0.108 e. The van der Waals surface area contributed by atoms with Crippen molar-refractivity contribution in [3.05, 3.63) is 24.4 Å². The second-order valence-corrected chi connectivity index (χ2v) is 0.967. The van der Waals surface area contributed by atoms with Crippen molar-refractivity contribution in [1.82, 2.24) is 0 Å². The SMILES string of the molecule is N/C=C\C=C/CF. The topological polar surface area (TPSA) is 26.0 Å². The average Bonchev–Trinajstić information content (AvgIpc) is 1.69. The Balaban J connectivity index is 3.09. The first kappa shape index (κ1) is 6.21. The van der Waals surface area contributed by atoms with E-state index in [1.54, 1.807) is 12.2 Å². The summed E-state index contributed by atoms with van der Waals surface area (Å²) in [5, 5.41) is 0. The van der Waals surface area contributed by atoms with Gasteiger partial charge in [0.2, 0.25) is 0 Å². The van der Waals surface area contributed by atoms with E-state index >= 15 is 0 Å². The molecule has 0 heterocycles. The van der Waals surface area contributed by atoms with Crippen LogP contribution in [0.15, 0.2) is 24.4 Å². The molecule has 0 spiro atoms. The summed E-state index contributed by atoms with van der Waals surface area (Å²) in [5.41, 5.74) is 4.92. The summed E-state index contributed by atoms with van der Waals surface area (Å²) in [7, 11) is 0. The molecule has 0 aromatic carbocycles. The van der Waals surface area contributed by atoms with Gasteiger partial charge in [0.1, 0.15) is 6.67 Å². The molecule has 0 aromatic heterocycles. The predicted molar refractivity (Wildman–Crippen MR) is 28.4 cm³/mol. The fraction of sp³-hybridized carbons (Fsp3) is 0.200. The van der Waals surface area contributed by atoms with Gasteiger partial charge in [-0.15, -0.1) is 0 Å². The Bertz CT molecular complexity index is 76.1. The zero-order chi connectivity index (χ0) is 5.54. The van der Waals surface area contributed by atoms with Crippen LogP contribution >= 0.6 is 0 Å². The van der Waals surface area contributed by atoms with Gasteiger partial charge < -0.3 is 5.73 Å². The number of alkyl halides is 1. The molecule has 0 rings (SSSR count). The second kappa shape index (κ2) is 5.21. The minimum atomic E-state index is -0.426. The summed E-state index contributed by atoms with van der Waals surface area (Å²) >= 11 is 0. The van der Waals surface area contributed by atoms with Gasteiger partial charge in [0.05, 0.1) is 0 Å². The van der Waals surface area contributed by atoms with Gasteiger partial charge in [0, 0.05) is 0 Å². The van der Waals surface area contributed by atoms with Gasteiger partial charge in [0.25, 0.3) is 0 Å². The third kappa shape index (κ3) is 5.21. The molecule has 40 valence electrons. The largest absolute Gasteiger partial charge is 0.405 e. The second-order valence-electron chi connectivity index (χ2n) is 0.967. The Morgan fingerprint density at radius 1 is 1.43 bits per heavy atom. The van der Waals surface area contributed by atoms with Crippen LogP contribution in [-0.4, -0.2) is 6.67 Å². The van der Waals surface area contributed by atoms with Crippen LogP contribution in [0.2, 0.25) is 0 Å². The van der Waals surface area contributed by atoms with E-state index in [4.69, 9.17) is 5.73 Å². The molecule has 0 bridgehead atoms. The third-order valence-electron chi connectivity index (χ3n) is 0.447. The number of nitrogens with two attached hydrogens (primary N) is 1. The van der Waals surface area contributed by atoms with Crippen molar-refractivity contribution in [3.8, 4) is 0 Å². The van der Waals surface area contributed by atoms with Crippen LogP contribution in [0.5, 0.6) is 0 Å². The van der Waals surface area contributed by atoms with Crippen molar-refractivity contribution in [2.24, 2.45) is 5.73 Å². The molecule has 2 N–H and O–H groups in total. The van der Waals surface area contributed by atoms with Gasteiger partial charge in [-0.2, -0.15) is 0 Å². The Kier molecular flexibility index (Phi) is 4.62. The maximum Gasteiger partial charge on any atom is 0.108 e. The first-order valence-electron chi connectivity index (χ1n) is 2.01. The molecule has 0 atom stereocenters. The number of halogens is 1. The maximum absolute atomic E-state index is 11.2. The van der Waals surface area contributed by atoms with Gasteiger partial charge in [-0.25, -0.2) is 4.39 Å². The van der Waals surface area contributed by atoms with Crippen molar-refractivity contribution in [3.63, 3.8) is 0 Å². The highest BCUT2D eigenvalue weighted by Gasteiger charge is 1.60. The standard InChI is InChI=1S/C5H8FN/c6-4-2-1-3-5-7/h1-3,5H,4,7H2/b2-1-,5-3-. The third-order valence-corrected chi connectivity index (χ3v) is 0.447. The number of hydrogen-bond acceptors (Lipinski definition) is 1. The van der Waals surface area contributed by atoms with E-state index in [0.29, 0.717) is 0 Å². The van der Waals surface area contributed by atoms with E-state index in [1.807, 2.05) is 0 Å². The number of hydrogen-bond donors (Lipinski definition) is 1. The average molecular weight is 101 g/mol. The van der Waals surface area contributed by atoms with Crippen molar-refractivity contribution >= 4 is 0 Å². The molecule has 7 heavy (non-hydrogen) atoms. The predicted octanol–water partition coefficient (Wildman–Crippen LogP) is 0.985. The van der Waals surface area contributed by atoms with Crippen LogP contribution in [0.1, 0.15) is 0 Å². The Labute approximate surface area is 42.3 Å². The van der Waals surface area contributed by atoms with Crippen molar-refractivity contribution < 1.29 is 4.39 Å². The fourth-order valence-corrected chi connectivity index (χ4v) is 0.194. The van der Waals surface area contributed by atoms with Crippen molar-refractivity contribution in [1.29, 1.82) is 0 Å². The summed E-state index contributed by atoms with van der Waals surface area (Å²) < 4.78 is 11.2. The Hall–Kier alpha value is -0.790. The van der Waals surface area contributed by atoms with Crippen LogP contribution < -0.4 is 5.73 Å². The van der Waals surface area contributed by atoms with E-state index in [1.165, 1.54) is 12.3 Å². The molecule has 0 aliphatic heterocycles. The minimum absolute atomic E-state index is 0.426. The van der Waals surface area contributed by atoms with Gasteiger partial charge in [-0.05, 0) is 12.3 Å². The lowest BCUT2D eigenvalue weighted by molar-refractivity contribution is 0.562. The quantitative estimate of drug-likeness (QED) is 0.515. The van der Waals surface area contributed by atoms with Gasteiger partial charge >= 0.3 is 0 Å². The maximum atomic E-state index is 11.2. The lowest BCUT2D eigenvalue weighted by Crippen LogP contribution is -1.72. The molecule has 0 unspecified atom stereocenters. The van der Waals surface area contributed by atoms with E-state index < -0.39 is 6.67 Å². The molecule has 0 amide bonds. The molecule has 0 fully saturated rings. The molecule has 0 aromatic rings. The summed E-state index contributed by atoms with van der Waals surface area (Å²) in [6.45, 7) is -0.426. The molecule has 0 aliphatic rings. The van der Waals surface area contributed by atoms with Gasteiger partial charge in [-0.1, -0.05) is 12.2 Å². The highest BCUT2D eigenvalue weighted by Crippen LogP contribution is 1.73. The highest BCUT2D eigenvalue weighted by atomic mass is 19.1. The summed E-state index contributed by atoms with van der Waals surface area (Å²) in [5.74, 6) is 0. The monoisotopic (exact) mass is 101 g/mol. The molecular formula is C5H8FN. The molecule has 2 heteroatoms. The number of rotatable bonds is 2. The fourth-order valence-electron chi connectivity index (χ4n) is 0.194. The zero-order valence-electron chi connectivity index (χ0n) is 3.97. The van der Waals surface area contributed by atoms with Crippen LogP contribution in [0.25, 0.3) is 0 Å². The van der Waals surface area contributed by atoms with E-state index in [2.05, 4.69) is 0 Å². The van der Waals surface area contributed by atoms with Gasteiger partial charge in [0.15, 0.2) is 0 Å². The molecule has 1 nitrogen and oxygen atoms in total. The van der Waals surface area contributed by atoms with E-state index in [0.717, 1.165) is 0 Å². The summed E-state index contributed by atoms with van der Waals surface area (Å²) in [6, 6.07) is 0. The zero-order valence-corrected chi connectivity index (χ0v) is 3.97. The molecule has 0 saturated carbocycles. The Morgan fingerprint density at radius 2 is 2.14 bits per heavy atom. The van der Waals surface area contributed by atoms with Crippen LogP contribution in [-0.2, 0) is 0 Å². The summed E-state index contributed by atoms with van der Waals surface area (Å²) in [6.07, 6.45) is 5.86. The van der Waals surface area contributed by atoms with E-state index in [9.17, 15) is 4.39 Å². The lowest BCUT2D eigenvalue weighted by Gasteiger charge is -1.68. The summed E-state index contributed by atoms with van der Waals surface area (Å²) in [4.78, 5) is 0. The molecule has 0 aliphatic carbocycles. The van der Waals surface area contributed by atoms with Crippen LogP contribution in [0.4, 0.5) is 4.39 Å². The minimum Gasteiger partial charge on any atom is -0.405 e. The van der Waals surface area contributed by atoms with Crippen molar-refractivity contribution in [2.75, 3.05) is 6.67 Å².